The first-order valence-electron chi connectivity index (χ1n) is 8.88. The molecule has 3 aromatic rings. The predicted molar refractivity (Wildman–Crippen MR) is 110 cm³/mol. The van der Waals surface area contributed by atoms with Crippen molar-refractivity contribution < 1.29 is 22.0 Å². The Morgan fingerprint density at radius 2 is 1.93 bits per heavy atom. The molecule has 2 aromatic carbocycles. The monoisotopic (exact) mass is 430 g/mol. The van der Waals surface area contributed by atoms with E-state index < -0.39 is 22.0 Å². The Balaban J connectivity index is 1.87. The van der Waals surface area contributed by atoms with Crippen molar-refractivity contribution in [1.29, 1.82) is 0 Å². The van der Waals surface area contributed by atoms with Gasteiger partial charge in [-0.15, -0.1) is 0 Å². The molecule has 1 unspecified atom stereocenters. The van der Waals surface area contributed by atoms with Gasteiger partial charge in [0.15, 0.2) is 6.17 Å². The molecule has 0 bridgehead atoms. The maximum atomic E-state index is 14.2. The normalized spacial score (nSPS) is 16.0. The quantitative estimate of drug-likeness (QED) is 0.637. The van der Waals surface area contributed by atoms with Crippen LogP contribution in [0.1, 0.15) is 11.7 Å². The third kappa shape index (κ3) is 3.69. The lowest BCUT2D eigenvalue weighted by atomic mass is 10.1. The van der Waals surface area contributed by atoms with Crippen LogP contribution < -0.4 is 30.9 Å². The number of nitrogens with one attached hydrogen (secondary N) is 1. The van der Waals surface area contributed by atoms with Gasteiger partial charge in [0.25, 0.3) is 0 Å². The van der Waals surface area contributed by atoms with Crippen LogP contribution in [0.3, 0.4) is 0 Å². The van der Waals surface area contributed by atoms with Crippen LogP contribution >= 0.6 is 0 Å². The number of halogens is 1. The summed E-state index contributed by atoms with van der Waals surface area (Å²) in [5.41, 5.74) is 7.84. The molecule has 1 atom stereocenters. The number of ether oxygens (including phenoxy) is 1. The van der Waals surface area contributed by atoms with Crippen molar-refractivity contribution in [2.45, 2.75) is 6.17 Å². The summed E-state index contributed by atoms with van der Waals surface area (Å²) in [5, 5.41) is 0.624. The third-order valence-electron chi connectivity index (χ3n) is 4.60. The fourth-order valence-corrected chi connectivity index (χ4v) is 3.81. The Morgan fingerprint density at radius 3 is 2.60 bits per heavy atom. The van der Waals surface area contributed by atoms with E-state index >= 15 is 0 Å². The van der Waals surface area contributed by atoms with E-state index in [0.29, 0.717) is 27.9 Å². The molecule has 3 N–H and O–H groups in total. The average Bonchev–Trinajstić information content (AvgIpc) is 3.18. The van der Waals surface area contributed by atoms with Crippen LogP contribution in [0.4, 0.5) is 15.8 Å². The molecule has 0 spiro atoms. The summed E-state index contributed by atoms with van der Waals surface area (Å²) in [6.07, 6.45) is 1.73. The van der Waals surface area contributed by atoms with Gasteiger partial charge >= 0.3 is 0 Å². The Kier molecular flexibility index (Phi) is 4.86. The molecule has 4 rings (SSSR count). The van der Waals surface area contributed by atoms with E-state index in [1.54, 1.807) is 30.2 Å². The van der Waals surface area contributed by atoms with Crippen molar-refractivity contribution in [1.82, 2.24) is 0 Å². The number of rotatable bonds is 5. The summed E-state index contributed by atoms with van der Waals surface area (Å²) in [7, 11) is -2.10. The molecule has 1 aromatic heterocycles. The zero-order valence-corrected chi connectivity index (χ0v) is 17.0. The SMILES string of the molecule is COc1ccc(N2C(N)=c3ccoc3=NC2c2ccc(F)c(NS(C)(=O)=O)c2)cc1. The van der Waals surface area contributed by atoms with Crippen LogP contribution in [0, 0.1) is 5.82 Å². The molecule has 10 heteroatoms. The Morgan fingerprint density at radius 1 is 1.20 bits per heavy atom. The molecule has 0 fully saturated rings. The lowest BCUT2D eigenvalue weighted by Crippen LogP contribution is -2.43. The van der Waals surface area contributed by atoms with Crippen molar-refractivity contribution in [3.8, 4) is 5.75 Å². The molecule has 0 saturated carbocycles. The summed E-state index contributed by atoms with van der Waals surface area (Å²) < 4.78 is 50.2. The molecule has 30 heavy (non-hydrogen) atoms. The summed E-state index contributed by atoms with van der Waals surface area (Å²) in [5.74, 6) is 0.366. The smallest absolute Gasteiger partial charge is 0.229 e. The number of methoxy groups -OCH3 is 1. The summed E-state index contributed by atoms with van der Waals surface area (Å²) in [6, 6.07) is 13.0. The Bertz CT molecular complexity index is 1320. The molecule has 0 amide bonds. The van der Waals surface area contributed by atoms with Gasteiger partial charge in [-0.25, -0.2) is 17.8 Å². The van der Waals surface area contributed by atoms with Gasteiger partial charge in [-0.05, 0) is 48.0 Å². The molecule has 0 saturated heterocycles. The highest BCUT2D eigenvalue weighted by Gasteiger charge is 2.28. The highest BCUT2D eigenvalue weighted by Crippen LogP contribution is 2.34. The minimum absolute atomic E-state index is 0.177. The van der Waals surface area contributed by atoms with E-state index in [9.17, 15) is 12.8 Å². The van der Waals surface area contributed by atoms with Gasteiger partial charge in [-0.3, -0.25) is 4.72 Å². The minimum Gasteiger partial charge on any atom is -0.497 e. The second-order valence-electron chi connectivity index (χ2n) is 6.71. The molecule has 0 radical (unpaired) electrons. The molecule has 1 aliphatic rings. The van der Waals surface area contributed by atoms with E-state index in [-0.39, 0.29) is 5.69 Å². The van der Waals surface area contributed by atoms with Crippen molar-refractivity contribution in [2.24, 2.45) is 10.7 Å². The van der Waals surface area contributed by atoms with Gasteiger partial charge in [0.1, 0.15) is 17.4 Å². The van der Waals surface area contributed by atoms with Crippen LogP contribution in [0.2, 0.25) is 0 Å². The second-order valence-corrected chi connectivity index (χ2v) is 8.46. The van der Waals surface area contributed by atoms with Gasteiger partial charge < -0.3 is 19.8 Å². The van der Waals surface area contributed by atoms with E-state index in [1.165, 1.54) is 24.5 Å². The number of fused-ring (bicyclic) bond motifs is 1. The highest BCUT2D eigenvalue weighted by molar-refractivity contribution is 7.92. The number of hydrogen-bond acceptors (Lipinski definition) is 7. The zero-order chi connectivity index (χ0) is 21.5. The summed E-state index contributed by atoms with van der Waals surface area (Å²) in [4.78, 5) is 6.38. The largest absolute Gasteiger partial charge is 0.497 e. The molecular weight excluding hydrogens is 411 g/mol. The average molecular weight is 430 g/mol. The maximum Gasteiger partial charge on any atom is 0.229 e. The van der Waals surface area contributed by atoms with E-state index in [4.69, 9.17) is 14.9 Å². The van der Waals surface area contributed by atoms with E-state index in [1.807, 2.05) is 12.1 Å². The third-order valence-corrected chi connectivity index (χ3v) is 5.19. The summed E-state index contributed by atoms with van der Waals surface area (Å²) >= 11 is 0. The first kappa shape index (κ1) is 19.8. The van der Waals surface area contributed by atoms with Crippen molar-refractivity contribution in [2.75, 3.05) is 23.0 Å². The van der Waals surface area contributed by atoms with Crippen molar-refractivity contribution in [3.05, 3.63) is 76.9 Å². The van der Waals surface area contributed by atoms with E-state index in [2.05, 4.69) is 9.71 Å². The van der Waals surface area contributed by atoms with Gasteiger partial charge in [-0.1, -0.05) is 6.07 Å². The van der Waals surface area contributed by atoms with Gasteiger partial charge in [0.05, 0.1) is 30.5 Å². The number of furan rings is 1. The van der Waals surface area contributed by atoms with Gasteiger partial charge in [-0.2, -0.15) is 0 Å². The second kappa shape index (κ2) is 7.38. The number of sulfonamides is 1. The Hall–Kier alpha value is -3.53. The predicted octanol–water partition coefficient (Wildman–Crippen LogP) is 1.66. The number of benzene rings is 2. The lowest BCUT2D eigenvalue weighted by Gasteiger charge is -2.33. The first-order valence-corrected chi connectivity index (χ1v) is 10.8. The fourth-order valence-electron chi connectivity index (χ4n) is 3.25. The number of nitrogens with two attached hydrogens (primary N) is 1. The zero-order valence-electron chi connectivity index (χ0n) is 16.2. The van der Waals surface area contributed by atoms with Gasteiger partial charge in [0.2, 0.25) is 15.6 Å². The number of anilines is 2. The summed E-state index contributed by atoms with van der Waals surface area (Å²) in [6.45, 7) is 0. The molecule has 2 heterocycles. The van der Waals surface area contributed by atoms with E-state index in [0.717, 1.165) is 11.9 Å². The lowest BCUT2D eigenvalue weighted by molar-refractivity contribution is 0.415. The fraction of sp³-hybridized carbons (Fsp3) is 0.150. The van der Waals surface area contributed by atoms with Crippen LogP contribution in [-0.4, -0.2) is 21.8 Å². The van der Waals surface area contributed by atoms with Crippen molar-refractivity contribution in [3.63, 3.8) is 0 Å². The molecule has 0 aliphatic carbocycles. The van der Waals surface area contributed by atoms with Gasteiger partial charge in [0, 0.05) is 5.69 Å². The first-order chi connectivity index (χ1) is 14.3. The highest BCUT2D eigenvalue weighted by atomic mass is 32.2. The number of hydrogen-bond donors (Lipinski definition) is 2. The molecular formula is C20H19FN4O4S. The van der Waals surface area contributed by atoms with Crippen molar-refractivity contribution >= 4 is 27.2 Å². The van der Waals surface area contributed by atoms with Crippen LogP contribution in [0.15, 0.2) is 64.2 Å². The minimum atomic E-state index is -3.67. The van der Waals surface area contributed by atoms with Crippen LogP contribution in [0.5, 0.6) is 5.75 Å². The standard InChI is InChI=1S/C20H19FN4O4S/c1-28-14-6-4-13(5-7-14)25-18(22)15-9-10-29-20(15)23-19(25)12-3-8-16(21)17(11-12)24-30(2,26)27/h3-11,19,24H,22H2,1-2H3. The molecule has 1 aliphatic heterocycles. The van der Waals surface area contributed by atoms with Crippen LogP contribution in [0.25, 0.3) is 5.82 Å². The Labute approximate surface area is 172 Å². The topological polar surface area (TPSA) is 110 Å². The molecule has 8 nitrogen and oxygen atoms in total. The molecule has 156 valence electrons. The maximum absolute atomic E-state index is 14.2. The number of nitrogens with zero attached hydrogens (tertiary/aromatic N) is 2. The van der Waals surface area contributed by atoms with Crippen LogP contribution in [-0.2, 0) is 10.0 Å².